The molecule has 1 unspecified atom stereocenters. The van der Waals surface area contributed by atoms with E-state index >= 15 is 0 Å². The molecule has 0 heterocycles. The second kappa shape index (κ2) is 5.80. The smallest absolute Gasteiger partial charge is 0.115 e. The maximum absolute atomic E-state index is 9.68. The Hall–Kier alpha value is -1.96. The lowest BCUT2D eigenvalue weighted by Crippen LogP contribution is -1.99. The Morgan fingerprint density at radius 1 is 1.00 bits per heavy atom. The topological polar surface area (TPSA) is 40.5 Å². The van der Waals surface area contributed by atoms with Crippen molar-refractivity contribution in [2.75, 3.05) is 0 Å². The van der Waals surface area contributed by atoms with Crippen molar-refractivity contribution in [3.63, 3.8) is 0 Å². The van der Waals surface area contributed by atoms with Crippen LogP contribution in [0.25, 0.3) is 0 Å². The SMILES string of the molecule is CCc1cc(O)ccc1CCC1CCc2ccc(O)cc21. The van der Waals surface area contributed by atoms with Crippen LogP contribution in [0.2, 0.25) is 0 Å². The number of aromatic hydroxyl groups is 2. The number of hydrogen-bond acceptors (Lipinski definition) is 2. The molecule has 0 aromatic heterocycles. The molecular weight excluding hydrogens is 260 g/mol. The van der Waals surface area contributed by atoms with Crippen molar-refractivity contribution in [2.45, 2.75) is 44.9 Å². The first-order valence-electron chi connectivity index (χ1n) is 7.80. The molecule has 0 saturated carbocycles. The first-order valence-corrected chi connectivity index (χ1v) is 7.80. The highest BCUT2D eigenvalue weighted by molar-refractivity contribution is 5.41. The quantitative estimate of drug-likeness (QED) is 0.876. The molecule has 110 valence electrons. The second-order valence-corrected chi connectivity index (χ2v) is 5.96. The van der Waals surface area contributed by atoms with Gasteiger partial charge in [-0.05, 0) is 84.5 Å². The predicted molar refractivity (Wildman–Crippen MR) is 85.0 cm³/mol. The third kappa shape index (κ3) is 2.90. The molecule has 0 amide bonds. The van der Waals surface area contributed by atoms with Crippen molar-refractivity contribution in [3.05, 3.63) is 58.7 Å². The molecular formula is C19H22O2. The minimum absolute atomic E-state index is 0.353. The van der Waals surface area contributed by atoms with Crippen molar-refractivity contribution in [2.24, 2.45) is 0 Å². The molecule has 0 aliphatic heterocycles. The van der Waals surface area contributed by atoms with Gasteiger partial charge in [-0.3, -0.25) is 0 Å². The van der Waals surface area contributed by atoms with Crippen LogP contribution in [0.4, 0.5) is 0 Å². The number of phenols is 2. The van der Waals surface area contributed by atoms with Crippen molar-refractivity contribution in [1.29, 1.82) is 0 Å². The molecule has 2 nitrogen and oxygen atoms in total. The summed E-state index contributed by atoms with van der Waals surface area (Å²) >= 11 is 0. The second-order valence-electron chi connectivity index (χ2n) is 5.96. The largest absolute Gasteiger partial charge is 0.508 e. The van der Waals surface area contributed by atoms with Crippen molar-refractivity contribution < 1.29 is 10.2 Å². The van der Waals surface area contributed by atoms with Crippen LogP contribution in [0.5, 0.6) is 11.5 Å². The van der Waals surface area contributed by atoms with Gasteiger partial charge in [0, 0.05) is 0 Å². The van der Waals surface area contributed by atoms with Crippen LogP contribution >= 0.6 is 0 Å². The molecule has 2 N–H and O–H groups in total. The lowest BCUT2D eigenvalue weighted by Gasteiger charge is -2.14. The van der Waals surface area contributed by atoms with E-state index in [-0.39, 0.29) is 0 Å². The van der Waals surface area contributed by atoms with Gasteiger partial charge in [-0.2, -0.15) is 0 Å². The van der Waals surface area contributed by atoms with E-state index in [0.717, 1.165) is 25.7 Å². The fourth-order valence-electron chi connectivity index (χ4n) is 3.49. The normalized spacial score (nSPS) is 16.9. The molecule has 1 aliphatic rings. The van der Waals surface area contributed by atoms with Gasteiger partial charge in [0.1, 0.15) is 11.5 Å². The summed E-state index contributed by atoms with van der Waals surface area (Å²) in [6.07, 6.45) is 5.39. The van der Waals surface area contributed by atoms with E-state index in [2.05, 4.69) is 13.0 Å². The van der Waals surface area contributed by atoms with Gasteiger partial charge in [-0.15, -0.1) is 0 Å². The molecule has 2 aromatic rings. The highest BCUT2D eigenvalue weighted by atomic mass is 16.3. The number of aryl methyl sites for hydroxylation is 3. The van der Waals surface area contributed by atoms with Gasteiger partial charge in [0.05, 0.1) is 0 Å². The van der Waals surface area contributed by atoms with E-state index in [1.165, 1.54) is 28.7 Å². The summed E-state index contributed by atoms with van der Waals surface area (Å²) < 4.78 is 0. The summed E-state index contributed by atoms with van der Waals surface area (Å²) in [4.78, 5) is 0. The molecule has 2 heteroatoms. The first kappa shape index (κ1) is 14.0. The zero-order chi connectivity index (χ0) is 14.8. The molecule has 1 atom stereocenters. The van der Waals surface area contributed by atoms with Gasteiger partial charge in [0.2, 0.25) is 0 Å². The summed E-state index contributed by atoms with van der Waals surface area (Å²) in [6, 6.07) is 11.5. The summed E-state index contributed by atoms with van der Waals surface area (Å²) in [6.45, 7) is 2.13. The standard InChI is InChI=1S/C19H22O2/c1-2-13-11-17(20)9-7-14(13)3-4-15-5-6-16-8-10-18(21)12-19(15)16/h7-12,15,20-21H,2-6H2,1H3. The summed E-state index contributed by atoms with van der Waals surface area (Å²) in [5.41, 5.74) is 5.29. The highest BCUT2D eigenvalue weighted by Crippen LogP contribution is 2.38. The Balaban J connectivity index is 1.74. The lowest BCUT2D eigenvalue weighted by molar-refractivity contribution is 0.472. The Morgan fingerprint density at radius 3 is 2.57 bits per heavy atom. The fourth-order valence-corrected chi connectivity index (χ4v) is 3.49. The highest BCUT2D eigenvalue weighted by Gasteiger charge is 2.22. The predicted octanol–water partition coefficient (Wildman–Crippen LogP) is 4.32. The Kier molecular flexibility index (Phi) is 3.87. The van der Waals surface area contributed by atoms with Gasteiger partial charge in [0.15, 0.2) is 0 Å². The Morgan fingerprint density at radius 2 is 1.76 bits per heavy atom. The van der Waals surface area contributed by atoms with E-state index < -0.39 is 0 Å². The molecule has 0 radical (unpaired) electrons. The monoisotopic (exact) mass is 282 g/mol. The van der Waals surface area contributed by atoms with Crippen LogP contribution in [0, 0.1) is 0 Å². The molecule has 0 fully saturated rings. The number of benzene rings is 2. The van der Waals surface area contributed by atoms with Crippen LogP contribution in [0.15, 0.2) is 36.4 Å². The van der Waals surface area contributed by atoms with Gasteiger partial charge >= 0.3 is 0 Å². The minimum Gasteiger partial charge on any atom is -0.508 e. The van der Waals surface area contributed by atoms with E-state index in [1.54, 1.807) is 12.1 Å². The van der Waals surface area contributed by atoms with E-state index in [1.807, 2.05) is 18.2 Å². The molecule has 1 aliphatic carbocycles. The van der Waals surface area contributed by atoms with Crippen molar-refractivity contribution in [3.8, 4) is 11.5 Å². The van der Waals surface area contributed by atoms with E-state index in [9.17, 15) is 10.2 Å². The number of phenolic OH excluding ortho intramolecular Hbond substituents is 2. The third-order valence-electron chi connectivity index (χ3n) is 4.66. The van der Waals surface area contributed by atoms with Gasteiger partial charge in [-0.1, -0.05) is 19.1 Å². The molecule has 3 rings (SSSR count). The van der Waals surface area contributed by atoms with Gasteiger partial charge in [-0.25, -0.2) is 0 Å². The molecule has 0 saturated heterocycles. The third-order valence-corrected chi connectivity index (χ3v) is 4.66. The number of hydrogen-bond donors (Lipinski definition) is 2. The molecule has 2 aromatic carbocycles. The van der Waals surface area contributed by atoms with Gasteiger partial charge < -0.3 is 10.2 Å². The lowest BCUT2D eigenvalue weighted by atomic mass is 9.91. The van der Waals surface area contributed by atoms with Crippen LogP contribution in [0.3, 0.4) is 0 Å². The van der Waals surface area contributed by atoms with Crippen LogP contribution in [0.1, 0.15) is 47.9 Å². The average Bonchev–Trinajstić information content (AvgIpc) is 2.88. The molecule has 0 spiro atoms. The van der Waals surface area contributed by atoms with Crippen LogP contribution in [-0.4, -0.2) is 10.2 Å². The average molecular weight is 282 g/mol. The van der Waals surface area contributed by atoms with Crippen LogP contribution in [-0.2, 0) is 19.3 Å². The van der Waals surface area contributed by atoms with E-state index in [0.29, 0.717) is 17.4 Å². The summed E-state index contributed by atoms with van der Waals surface area (Å²) in [5.74, 6) is 1.27. The Labute approximate surface area is 126 Å². The summed E-state index contributed by atoms with van der Waals surface area (Å²) in [7, 11) is 0. The first-order chi connectivity index (χ1) is 10.2. The van der Waals surface area contributed by atoms with E-state index in [4.69, 9.17) is 0 Å². The molecule has 21 heavy (non-hydrogen) atoms. The van der Waals surface area contributed by atoms with Gasteiger partial charge in [0.25, 0.3) is 0 Å². The zero-order valence-corrected chi connectivity index (χ0v) is 12.5. The zero-order valence-electron chi connectivity index (χ0n) is 12.5. The number of rotatable bonds is 4. The minimum atomic E-state index is 0.353. The number of fused-ring (bicyclic) bond motifs is 1. The maximum Gasteiger partial charge on any atom is 0.115 e. The fraction of sp³-hybridized carbons (Fsp3) is 0.368. The Bertz CT molecular complexity index is 646. The van der Waals surface area contributed by atoms with Crippen molar-refractivity contribution >= 4 is 0 Å². The summed E-state index contributed by atoms with van der Waals surface area (Å²) in [5, 5.41) is 19.3. The van der Waals surface area contributed by atoms with Crippen molar-refractivity contribution in [1.82, 2.24) is 0 Å². The van der Waals surface area contributed by atoms with Crippen LogP contribution < -0.4 is 0 Å². The maximum atomic E-state index is 9.68. The molecule has 0 bridgehead atoms.